The zero-order chi connectivity index (χ0) is 24.5. The second kappa shape index (κ2) is 11.6. The van der Waals surface area contributed by atoms with E-state index in [1.54, 1.807) is 19.1 Å². The first kappa shape index (κ1) is 25.3. The molecule has 33 heavy (non-hydrogen) atoms. The van der Waals surface area contributed by atoms with E-state index in [-0.39, 0.29) is 28.3 Å². The lowest BCUT2D eigenvalue weighted by Gasteiger charge is -2.11. The van der Waals surface area contributed by atoms with Crippen LogP contribution in [0.25, 0.3) is 11.1 Å². The topological polar surface area (TPSA) is 126 Å². The highest BCUT2D eigenvalue weighted by atomic mass is 19.1. The van der Waals surface area contributed by atoms with Gasteiger partial charge in [0.2, 0.25) is 5.91 Å². The molecular weight excluding hydrogens is 419 g/mol. The average Bonchev–Trinajstić information content (AvgIpc) is 3.22. The summed E-state index contributed by atoms with van der Waals surface area (Å²) in [5.41, 5.74) is 14.8. The van der Waals surface area contributed by atoms with Gasteiger partial charge in [0.05, 0.1) is 5.56 Å². The second-order valence-corrected chi connectivity index (χ2v) is 7.65. The Morgan fingerprint density at radius 1 is 1.06 bits per heavy atom. The van der Waals surface area contributed by atoms with Gasteiger partial charge in [-0.2, -0.15) is 5.26 Å². The van der Waals surface area contributed by atoms with Gasteiger partial charge in [-0.1, -0.05) is 50.2 Å². The number of halogens is 1. The molecular formula is C26H29FN4O2. The minimum absolute atomic E-state index is 0.122. The van der Waals surface area contributed by atoms with E-state index in [1.165, 1.54) is 17.3 Å². The van der Waals surface area contributed by atoms with Gasteiger partial charge in [-0.3, -0.25) is 9.59 Å². The number of nitrogens with two attached hydrogens (primary N) is 2. The predicted octanol–water partition coefficient (Wildman–Crippen LogP) is 4.33. The van der Waals surface area contributed by atoms with Gasteiger partial charge in [0.25, 0.3) is 5.91 Å². The van der Waals surface area contributed by atoms with Crippen LogP contribution in [0, 0.1) is 24.1 Å². The Morgan fingerprint density at radius 3 is 2.33 bits per heavy atom. The van der Waals surface area contributed by atoms with Crippen LogP contribution in [0.5, 0.6) is 0 Å². The van der Waals surface area contributed by atoms with E-state index >= 15 is 0 Å². The SMILES string of the molecule is CCc1ccc(C)c(-c2c(C(N)=O)c[nH]c2C#N)c1F.CCc1cccc(CCC(N)=O)c1. The summed E-state index contributed by atoms with van der Waals surface area (Å²) in [7, 11) is 0. The summed E-state index contributed by atoms with van der Waals surface area (Å²) in [6, 6.07) is 13.7. The quantitative estimate of drug-likeness (QED) is 0.498. The maximum atomic E-state index is 14.6. The molecule has 0 atom stereocenters. The van der Waals surface area contributed by atoms with Crippen LogP contribution >= 0.6 is 0 Å². The summed E-state index contributed by atoms with van der Waals surface area (Å²) < 4.78 is 14.6. The molecule has 7 heteroatoms. The number of nitriles is 1. The van der Waals surface area contributed by atoms with Gasteiger partial charge in [-0.25, -0.2) is 4.39 Å². The smallest absolute Gasteiger partial charge is 0.250 e. The summed E-state index contributed by atoms with van der Waals surface area (Å²) in [6.45, 7) is 5.69. The summed E-state index contributed by atoms with van der Waals surface area (Å²) in [4.78, 5) is 24.7. The molecule has 0 fully saturated rings. The zero-order valence-electron chi connectivity index (χ0n) is 19.2. The van der Waals surface area contributed by atoms with Crippen LogP contribution in [-0.2, 0) is 24.1 Å². The van der Waals surface area contributed by atoms with Crippen molar-refractivity contribution in [1.82, 2.24) is 4.98 Å². The third-order valence-electron chi connectivity index (χ3n) is 5.38. The summed E-state index contributed by atoms with van der Waals surface area (Å²) in [5.74, 6) is -1.34. The largest absolute Gasteiger partial charge is 0.370 e. The van der Waals surface area contributed by atoms with Crippen LogP contribution in [0.1, 0.15) is 58.6 Å². The van der Waals surface area contributed by atoms with Crippen molar-refractivity contribution in [2.24, 2.45) is 11.5 Å². The van der Waals surface area contributed by atoms with Gasteiger partial charge in [0, 0.05) is 23.7 Å². The van der Waals surface area contributed by atoms with Gasteiger partial charge in [0.15, 0.2) is 0 Å². The first-order valence-corrected chi connectivity index (χ1v) is 10.8. The van der Waals surface area contributed by atoms with E-state index in [0.29, 0.717) is 24.0 Å². The maximum absolute atomic E-state index is 14.6. The zero-order valence-corrected chi connectivity index (χ0v) is 19.2. The van der Waals surface area contributed by atoms with Crippen molar-refractivity contribution < 1.29 is 14.0 Å². The number of aryl methyl sites for hydroxylation is 4. The highest BCUT2D eigenvalue weighted by Gasteiger charge is 2.22. The number of rotatable bonds is 7. The predicted molar refractivity (Wildman–Crippen MR) is 127 cm³/mol. The normalized spacial score (nSPS) is 10.2. The monoisotopic (exact) mass is 448 g/mol. The van der Waals surface area contributed by atoms with E-state index in [0.717, 1.165) is 12.8 Å². The molecule has 172 valence electrons. The Bertz CT molecular complexity index is 1190. The molecule has 1 heterocycles. The number of carbonyl (C=O) groups excluding carboxylic acids is 2. The molecule has 0 aliphatic rings. The Hall–Kier alpha value is -3.92. The van der Waals surface area contributed by atoms with Crippen molar-refractivity contribution in [2.45, 2.75) is 46.5 Å². The van der Waals surface area contributed by atoms with Crippen LogP contribution in [0.15, 0.2) is 42.6 Å². The molecule has 0 saturated heterocycles. The van der Waals surface area contributed by atoms with E-state index in [1.807, 2.05) is 25.1 Å². The highest BCUT2D eigenvalue weighted by Crippen LogP contribution is 2.34. The molecule has 0 bridgehead atoms. The third kappa shape index (κ3) is 6.30. The molecule has 3 rings (SSSR count). The average molecular weight is 449 g/mol. The number of aromatic amines is 1. The minimum Gasteiger partial charge on any atom is -0.370 e. The first-order chi connectivity index (χ1) is 15.7. The summed E-state index contributed by atoms with van der Waals surface area (Å²) in [5, 5.41) is 9.13. The van der Waals surface area contributed by atoms with E-state index in [2.05, 4.69) is 24.0 Å². The van der Waals surface area contributed by atoms with Crippen LogP contribution < -0.4 is 11.5 Å². The molecule has 1 aromatic heterocycles. The van der Waals surface area contributed by atoms with Crippen molar-refractivity contribution >= 4 is 11.8 Å². The first-order valence-electron chi connectivity index (χ1n) is 10.8. The number of carbonyl (C=O) groups is 2. The molecule has 3 aromatic rings. The molecule has 0 aliphatic carbocycles. The molecule has 2 aromatic carbocycles. The van der Waals surface area contributed by atoms with Crippen molar-refractivity contribution in [3.05, 3.63) is 81.9 Å². The number of hydrogen-bond donors (Lipinski definition) is 3. The van der Waals surface area contributed by atoms with Crippen LogP contribution in [-0.4, -0.2) is 16.8 Å². The molecule has 5 N–H and O–H groups in total. The number of benzene rings is 2. The van der Waals surface area contributed by atoms with Crippen LogP contribution in [0.2, 0.25) is 0 Å². The van der Waals surface area contributed by atoms with Gasteiger partial charge >= 0.3 is 0 Å². The van der Waals surface area contributed by atoms with Crippen LogP contribution in [0.3, 0.4) is 0 Å². The van der Waals surface area contributed by atoms with Crippen molar-refractivity contribution in [2.75, 3.05) is 0 Å². The molecule has 0 radical (unpaired) electrons. The number of nitrogens with one attached hydrogen (secondary N) is 1. The fourth-order valence-corrected chi connectivity index (χ4v) is 3.53. The molecule has 0 spiro atoms. The summed E-state index contributed by atoms with van der Waals surface area (Å²) in [6.07, 6.45) is 4.09. The molecule has 0 saturated carbocycles. The number of nitrogens with zero attached hydrogens (tertiary/aromatic N) is 1. The van der Waals surface area contributed by atoms with Crippen molar-refractivity contribution in [3.63, 3.8) is 0 Å². The number of aromatic nitrogens is 1. The number of hydrogen-bond acceptors (Lipinski definition) is 3. The lowest BCUT2D eigenvalue weighted by atomic mass is 9.93. The van der Waals surface area contributed by atoms with Gasteiger partial charge in [-0.05, 0) is 48.4 Å². The Kier molecular flexibility index (Phi) is 8.93. The standard InChI is InChI=1S/C15H14FN3O.C11H15NO/c1-3-9-5-4-8(2)12(14(9)16)13-10(15(18)20)7-19-11(13)6-17;1-2-9-4-3-5-10(8-9)6-7-11(12)13/h4-5,7,19H,3H2,1-2H3,(H2,18,20);3-5,8H,2,6-7H2,1H3,(H2,12,13). The Labute approximate surface area is 193 Å². The maximum Gasteiger partial charge on any atom is 0.250 e. The number of primary amides is 2. The van der Waals surface area contributed by atoms with E-state index < -0.39 is 11.7 Å². The number of amides is 2. The van der Waals surface area contributed by atoms with Crippen LogP contribution in [0.4, 0.5) is 4.39 Å². The Morgan fingerprint density at radius 2 is 1.76 bits per heavy atom. The van der Waals surface area contributed by atoms with E-state index in [4.69, 9.17) is 16.7 Å². The van der Waals surface area contributed by atoms with Crippen molar-refractivity contribution in [1.29, 1.82) is 5.26 Å². The molecule has 2 amide bonds. The Balaban J connectivity index is 0.000000257. The molecule has 0 unspecified atom stereocenters. The minimum atomic E-state index is -0.696. The van der Waals surface area contributed by atoms with Gasteiger partial charge < -0.3 is 16.5 Å². The number of H-pyrrole nitrogens is 1. The lowest BCUT2D eigenvalue weighted by Crippen LogP contribution is -2.12. The lowest BCUT2D eigenvalue weighted by molar-refractivity contribution is -0.117. The second-order valence-electron chi connectivity index (χ2n) is 7.65. The molecule has 0 aliphatic heterocycles. The fourth-order valence-electron chi connectivity index (χ4n) is 3.53. The van der Waals surface area contributed by atoms with Gasteiger partial charge in [0.1, 0.15) is 17.6 Å². The third-order valence-corrected chi connectivity index (χ3v) is 5.38. The summed E-state index contributed by atoms with van der Waals surface area (Å²) >= 11 is 0. The molecule has 6 nitrogen and oxygen atoms in total. The highest BCUT2D eigenvalue weighted by molar-refractivity contribution is 6.01. The van der Waals surface area contributed by atoms with E-state index in [9.17, 15) is 14.0 Å². The van der Waals surface area contributed by atoms with Gasteiger partial charge in [-0.15, -0.1) is 0 Å². The van der Waals surface area contributed by atoms with Crippen molar-refractivity contribution in [3.8, 4) is 17.2 Å². The fraction of sp³-hybridized carbons (Fsp3) is 0.269.